The standard InChI is InChI=1S/C14H16F3NO2/c1-2-3-9-7-18(8-9)12-5-10(13(19)20)4-11(6-12)14(15,16)17/h4-6,9H,2-3,7-8H2,1H3,(H,19,20). The zero-order valence-electron chi connectivity index (χ0n) is 11.1. The van der Waals surface area contributed by atoms with Gasteiger partial charge in [0.2, 0.25) is 0 Å². The van der Waals surface area contributed by atoms with Gasteiger partial charge in [-0.2, -0.15) is 13.2 Å². The summed E-state index contributed by atoms with van der Waals surface area (Å²) < 4.78 is 38.3. The van der Waals surface area contributed by atoms with E-state index in [1.165, 1.54) is 6.07 Å². The van der Waals surface area contributed by atoms with Crippen LogP contribution in [0.1, 0.15) is 35.7 Å². The Morgan fingerprint density at radius 1 is 1.35 bits per heavy atom. The number of halogens is 3. The van der Waals surface area contributed by atoms with Crippen LogP contribution in [0.2, 0.25) is 0 Å². The predicted molar refractivity (Wildman–Crippen MR) is 69.0 cm³/mol. The summed E-state index contributed by atoms with van der Waals surface area (Å²) in [4.78, 5) is 12.7. The van der Waals surface area contributed by atoms with Gasteiger partial charge in [0.05, 0.1) is 11.1 Å². The first-order valence-electron chi connectivity index (χ1n) is 6.51. The van der Waals surface area contributed by atoms with E-state index in [0.717, 1.165) is 18.9 Å². The molecule has 0 bridgehead atoms. The van der Waals surface area contributed by atoms with Gasteiger partial charge in [-0.05, 0) is 30.5 Å². The number of aromatic carboxylic acids is 1. The molecule has 0 amide bonds. The summed E-state index contributed by atoms with van der Waals surface area (Å²) in [6.07, 6.45) is -2.45. The fraction of sp³-hybridized carbons (Fsp3) is 0.500. The van der Waals surface area contributed by atoms with Crippen LogP contribution < -0.4 is 4.90 Å². The number of carboxylic acid groups (broad SMARTS) is 1. The van der Waals surface area contributed by atoms with Crippen molar-refractivity contribution in [2.75, 3.05) is 18.0 Å². The first-order chi connectivity index (χ1) is 9.31. The lowest BCUT2D eigenvalue weighted by molar-refractivity contribution is -0.137. The molecule has 110 valence electrons. The van der Waals surface area contributed by atoms with Crippen LogP contribution >= 0.6 is 0 Å². The molecule has 3 nitrogen and oxygen atoms in total. The van der Waals surface area contributed by atoms with Gasteiger partial charge in [-0.1, -0.05) is 13.3 Å². The SMILES string of the molecule is CCCC1CN(c2cc(C(=O)O)cc(C(F)(F)F)c2)C1. The molecule has 6 heteroatoms. The highest BCUT2D eigenvalue weighted by molar-refractivity contribution is 5.89. The first-order valence-corrected chi connectivity index (χ1v) is 6.51. The predicted octanol–water partition coefficient (Wildman–Crippen LogP) is 3.64. The molecule has 1 aromatic carbocycles. The minimum absolute atomic E-state index is 0.325. The summed E-state index contributed by atoms with van der Waals surface area (Å²) in [5, 5.41) is 8.92. The van der Waals surface area contributed by atoms with E-state index in [0.29, 0.717) is 30.8 Å². The maximum absolute atomic E-state index is 12.8. The highest BCUT2D eigenvalue weighted by Crippen LogP contribution is 2.35. The van der Waals surface area contributed by atoms with E-state index < -0.39 is 17.7 Å². The fourth-order valence-electron chi connectivity index (χ4n) is 2.45. The van der Waals surface area contributed by atoms with Crippen LogP contribution in [0, 0.1) is 5.92 Å². The van der Waals surface area contributed by atoms with E-state index in [1.807, 2.05) is 0 Å². The summed E-state index contributed by atoms with van der Waals surface area (Å²) in [6, 6.07) is 3.00. The van der Waals surface area contributed by atoms with E-state index in [-0.39, 0.29) is 5.56 Å². The monoisotopic (exact) mass is 287 g/mol. The molecule has 0 spiro atoms. The Kier molecular flexibility index (Phi) is 3.92. The number of alkyl halides is 3. The van der Waals surface area contributed by atoms with Crippen molar-refractivity contribution in [3.63, 3.8) is 0 Å². The maximum Gasteiger partial charge on any atom is 0.416 e. The molecular weight excluding hydrogens is 271 g/mol. The third kappa shape index (κ3) is 3.05. The van der Waals surface area contributed by atoms with E-state index in [1.54, 1.807) is 4.90 Å². The lowest BCUT2D eigenvalue weighted by Crippen LogP contribution is -2.46. The average molecular weight is 287 g/mol. The zero-order valence-corrected chi connectivity index (χ0v) is 11.1. The van der Waals surface area contributed by atoms with Crippen LogP contribution in [0.15, 0.2) is 18.2 Å². The number of hydrogen-bond acceptors (Lipinski definition) is 2. The second kappa shape index (κ2) is 5.34. The topological polar surface area (TPSA) is 40.5 Å². The molecule has 1 N–H and O–H groups in total. The summed E-state index contributed by atoms with van der Waals surface area (Å²) >= 11 is 0. The third-order valence-corrected chi connectivity index (χ3v) is 3.51. The average Bonchev–Trinajstić information content (AvgIpc) is 2.31. The van der Waals surface area contributed by atoms with Crippen molar-refractivity contribution in [1.29, 1.82) is 0 Å². The molecule has 1 fully saturated rings. The van der Waals surface area contributed by atoms with Crippen molar-refractivity contribution in [2.45, 2.75) is 25.9 Å². The van der Waals surface area contributed by atoms with Crippen molar-refractivity contribution in [1.82, 2.24) is 0 Å². The fourth-order valence-corrected chi connectivity index (χ4v) is 2.45. The van der Waals surface area contributed by atoms with Crippen molar-refractivity contribution in [3.05, 3.63) is 29.3 Å². The van der Waals surface area contributed by atoms with Gasteiger partial charge in [-0.25, -0.2) is 4.79 Å². The van der Waals surface area contributed by atoms with Crippen LogP contribution in [0.5, 0.6) is 0 Å². The largest absolute Gasteiger partial charge is 0.478 e. The maximum atomic E-state index is 12.8. The normalized spacial score (nSPS) is 16.1. The smallest absolute Gasteiger partial charge is 0.416 e. The minimum Gasteiger partial charge on any atom is -0.478 e. The second-order valence-electron chi connectivity index (χ2n) is 5.13. The summed E-state index contributed by atoms with van der Waals surface area (Å²) in [5.41, 5.74) is -0.898. The zero-order chi connectivity index (χ0) is 14.9. The van der Waals surface area contributed by atoms with Gasteiger partial charge >= 0.3 is 12.1 Å². The Bertz CT molecular complexity index is 508. The number of nitrogens with zero attached hydrogens (tertiary/aromatic N) is 1. The molecule has 1 aromatic rings. The van der Waals surface area contributed by atoms with Gasteiger partial charge in [-0.15, -0.1) is 0 Å². The third-order valence-electron chi connectivity index (χ3n) is 3.51. The summed E-state index contributed by atoms with van der Waals surface area (Å²) in [6.45, 7) is 3.44. The number of benzene rings is 1. The number of carbonyl (C=O) groups is 1. The number of rotatable bonds is 4. The van der Waals surface area contributed by atoms with Gasteiger partial charge in [0.25, 0.3) is 0 Å². The van der Waals surface area contributed by atoms with Crippen molar-refractivity contribution < 1.29 is 23.1 Å². The Morgan fingerprint density at radius 3 is 2.50 bits per heavy atom. The molecule has 1 aliphatic heterocycles. The van der Waals surface area contributed by atoms with E-state index >= 15 is 0 Å². The Balaban J connectivity index is 2.25. The minimum atomic E-state index is -4.53. The van der Waals surface area contributed by atoms with E-state index in [9.17, 15) is 18.0 Å². The van der Waals surface area contributed by atoms with Gasteiger partial charge < -0.3 is 10.0 Å². The number of carboxylic acids is 1. The molecule has 20 heavy (non-hydrogen) atoms. The lowest BCUT2D eigenvalue weighted by atomic mass is 9.93. The molecule has 0 atom stereocenters. The lowest BCUT2D eigenvalue weighted by Gasteiger charge is -2.41. The van der Waals surface area contributed by atoms with Crippen molar-refractivity contribution >= 4 is 11.7 Å². The molecule has 1 heterocycles. The molecule has 0 unspecified atom stereocenters. The quantitative estimate of drug-likeness (QED) is 0.919. The van der Waals surface area contributed by atoms with Gasteiger partial charge in [0.15, 0.2) is 0 Å². The van der Waals surface area contributed by atoms with Crippen LogP contribution in [-0.4, -0.2) is 24.2 Å². The Labute approximate surface area is 115 Å². The molecule has 1 aliphatic rings. The van der Waals surface area contributed by atoms with Gasteiger partial charge in [0.1, 0.15) is 0 Å². The van der Waals surface area contributed by atoms with Crippen LogP contribution in [0.4, 0.5) is 18.9 Å². The van der Waals surface area contributed by atoms with Gasteiger partial charge in [0, 0.05) is 18.8 Å². The molecule has 0 aliphatic carbocycles. The highest BCUT2D eigenvalue weighted by Gasteiger charge is 2.34. The van der Waals surface area contributed by atoms with Crippen molar-refractivity contribution in [3.8, 4) is 0 Å². The Morgan fingerprint density at radius 2 is 2.00 bits per heavy atom. The molecule has 0 aromatic heterocycles. The molecule has 1 saturated heterocycles. The summed E-state index contributed by atoms with van der Waals surface area (Å²) in [5.74, 6) is -0.856. The van der Waals surface area contributed by atoms with E-state index in [2.05, 4.69) is 6.92 Å². The van der Waals surface area contributed by atoms with Crippen molar-refractivity contribution in [2.24, 2.45) is 5.92 Å². The van der Waals surface area contributed by atoms with Gasteiger partial charge in [-0.3, -0.25) is 0 Å². The number of hydrogen-bond donors (Lipinski definition) is 1. The molecule has 2 rings (SSSR count). The second-order valence-corrected chi connectivity index (χ2v) is 5.13. The van der Waals surface area contributed by atoms with Crippen LogP contribution in [0.3, 0.4) is 0 Å². The number of anilines is 1. The molecule has 0 radical (unpaired) electrons. The van der Waals surface area contributed by atoms with E-state index in [4.69, 9.17) is 5.11 Å². The molecule has 0 saturated carbocycles. The van der Waals surface area contributed by atoms with Crippen LogP contribution in [-0.2, 0) is 6.18 Å². The van der Waals surface area contributed by atoms with Crippen LogP contribution in [0.25, 0.3) is 0 Å². The first kappa shape index (κ1) is 14.7. The highest BCUT2D eigenvalue weighted by atomic mass is 19.4. The Hall–Kier alpha value is -1.72. The molecular formula is C14H16F3NO2. The summed E-state index contributed by atoms with van der Waals surface area (Å²) in [7, 11) is 0.